The number of benzene rings is 2. The Balaban J connectivity index is 1.41. The number of aryl methyl sites for hydroxylation is 1. The van der Waals surface area contributed by atoms with E-state index in [9.17, 15) is 4.79 Å². The number of nitrogens with one attached hydrogen (secondary N) is 1. The largest absolute Gasteiger partial charge is 0.491 e. The first-order valence-corrected chi connectivity index (χ1v) is 15.7. The van der Waals surface area contributed by atoms with E-state index < -0.39 is 26.6 Å². The first-order valence-electron chi connectivity index (χ1n) is 14.0. The van der Waals surface area contributed by atoms with Crippen molar-refractivity contribution in [2.75, 3.05) is 6.61 Å². The molecule has 40 heavy (non-hydrogen) atoms. The zero-order chi connectivity index (χ0) is 29.4. The molecule has 0 radical (unpaired) electrons. The van der Waals surface area contributed by atoms with Gasteiger partial charge in [-0.1, -0.05) is 46.2 Å². The van der Waals surface area contributed by atoms with Crippen LogP contribution in [-0.4, -0.2) is 50.7 Å². The Hall–Kier alpha value is -2.16. The van der Waals surface area contributed by atoms with E-state index in [0.29, 0.717) is 22.9 Å². The number of ether oxygens (including phenoxy) is 3. The van der Waals surface area contributed by atoms with E-state index in [-0.39, 0.29) is 23.0 Å². The summed E-state index contributed by atoms with van der Waals surface area (Å²) >= 11 is 6.40. The molecule has 2 heterocycles. The molecule has 8 heteroatoms. The third-order valence-electron chi connectivity index (χ3n) is 8.00. The zero-order valence-corrected chi connectivity index (χ0v) is 27.5. The monoisotopic (exact) mass is 583 g/mol. The number of ketones is 1. The highest BCUT2D eigenvalue weighted by Gasteiger charge is 2.50. The van der Waals surface area contributed by atoms with Crippen LogP contribution < -0.4 is 4.74 Å². The molecule has 1 N–H and O–H groups in total. The summed E-state index contributed by atoms with van der Waals surface area (Å²) < 4.78 is 25.4. The molecule has 1 aliphatic carbocycles. The predicted molar refractivity (Wildman–Crippen MR) is 163 cm³/mol. The Morgan fingerprint density at radius 3 is 2.42 bits per heavy atom. The third-order valence-corrected chi connectivity index (χ3v) is 10.2. The van der Waals surface area contributed by atoms with Crippen LogP contribution in [0.2, 0.25) is 10.1 Å². The second kappa shape index (κ2) is 9.70. The van der Waals surface area contributed by atoms with Crippen LogP contribution in [0.15, 0.2) is 30.3 Å². The van der Waals surface area contributed by atoms with Crippen molar-refractivity contribution in [1.29, 1.82) is 0 Å². The van der Waals surface area contributed by atoms with Gasteiger partial charge in [0.05, 0.1) is 11.2 Å². The Bertz CT molecular complexity index is 1480. The van der Waals surface area contributed by atoms with Crippen LogP contribution in [0.25, 0.3) is 10.9 Å². The molecular formula is C32H42ClNO5Si. The number of carbonyl (C=O) groups is 1. The van der Waals surface area contributed by atoms with E-state index in [1.54, 1.807) is 0 Å². The molecule has 0 amide bonds. The fraction of sp³-hybridized carbons (Fsp3) is 0.531. The van der Waals surface area contributed by atoms with Gasteiger partial charge < -0.3 is 23.6 Å². The number of hydrogen-bond acceptors (Lipinski definition) is 5. The lowest BCUT2D eigenvalue weighted by Crippen LogP contribution is -2.48. The van der Waals surface area contributed by atoms with E-state index in [0.717, 1.165) is 33.3 Å². The number of rotatable bonds is 6. The topological polar surface area (TPSA) is 69.8 Å². The number of aromatic amines is 1. The van der Waals surface area contributed by atoms with Crippen LogP contribution >= 0.6 is 11.6 Å². The normalized spacial score (nSPS) is 22.2. The molecular weight excluding hydrogens is 542 g/mol. The highest BCUT2D eigenvalue weighted by Crippen LogP contribution is 2.45. The maximum absolute atomic E-state index is 13.8. The van der Waals surface area contributed by atoms with Gasteiger partial charge in [0.15, 0.2) is 21.3 Å². The van der Waals surface area contributed by atoms with Crippen molar-refractivity contribution in [3.05, 3.63) is 63.3 Å². The van der Waals surface area contributed by atoms with Crippen molar-refractivity contribution < 1.29 is 23.4 Å². The number of fused-ring (bicyclic) bond motifs is 4. The summed E-state index contributed by atoms with van der Waals surface area (Å²) in [6.45, 7) is 21.2. The zero-order valence-electron chi connectivity index (χ0n) is 25.4. The van der Waals surface area contributed by atoms with Crippen LogP contribution in [0.5, 0.6) is 5.75 Å². The molecule has 1 saturated heterocycles. The third kappa shape index (κ3) is 5.27. The minimum Gasteiger partial charge on any atom is -0.491 e. The quantitative estimate of drug-likeness (QED) is 0.317. The molecule has 2 atom stereocenters. The minimum atomic E-state index is -0.795. The highest BCUT2D eigenvalue weighted by molar-refractivity contribution is 6.32. The molecule has 3 aromatic rings. The molecule has 5 rings (SSSR count). The van der Waals surface area contributed by atoms with Crippen molar-refractivity contribution >= 4 is 38.1 Å². The maximum atomic E-state index is 13.8. The molecule has 1 aliphatic heterocycles. The summed E-state index contributed by atoms with van der Waals surface area (Å²) in [5.41, 5.74) is 4.11. The van der Waals surface area contributed by atoms with Gasteiger partial charge in [-0.05, 0) is 81.1 Å². The van der Waals surface area contributed by atoms with Gasteiger partial charge in [0, 0.05) is 32.6 Å². The fourth-order valence-corrected chi connectivity index (χ4v) is 6.97. The number of aromatic nitrogens is 1. The lowest BCUT2D eigenvalue weighted by atomic mass is 9.71. The summed E-state index contributed by atoms with van der Waals surface area (Å²) in [6.07, 6.45) is -0.588. The van der Waals surface area contributed by atoms with Gasteiger partial charge in [-0.25, -0.2) is 0 Å². The van der Waals surface area contributed by atoms with Gasteiger partial charge in [-0.3, -0.25) is 4.79 Å². The standard InChI is InChI=1S/C32H42ClNO5Si/c1-17-13-20-23(15-22(17)33)34-27-25(20)26(35)19-12-11-18(14-21(19)30(27,5)6)36-16-24-28(38-32(9,10)37-24)31(7,8)39-40-29(2,3)4/h11-15,24,28,34H,16,40H2,1-10H3/t24-,28-/m1/s1. The summed E-state index contributed by atoms with van der Waals surface area (Å²) in [6, 6.07) is 9.65. The minimum absolute atomic E-state index is 0.0140. The molecule has 2 aliphatic rings. The molecule has 1 fully saturated rings. The molecule has 0 unspecified atom stereocenters. The lowest BCUT2D eigenvalue weighted by Gasteiger charge is -2.36. The number of halogens is 1. The molecule has 6 nitrogen and oxygen atoms in total. The van der Waals surface area contributed by atoms with Crippen LogP contribution in [0.3, 0.4) is 0 Å². The molecule has 0 saturated carbocycles. The van der Waals surface area contributed by atoms with Crippen LogP contribution in [0.1, 0.15) is 95.1 Å². The smallest absolute Gasteiger partial charge is 0.195 e. The molecule has 216 valence electrons. The van der Waals surface area contributed by atoms with E-state index >= 15 is 0 Å². The Kier molecular flexibility index (Phi) is 7.11. The average molecular weight is 584 g/mol. The van der Waals surface area contributed by atoms with Crippen LogP contribution in [0, 0.1) is 6.92 Å². The van der Waals surface area contributed by atoms with Gasteiger partial charge in [0.2, 0.25) is 0 Å². The van der Waals surface area contributed by atoms with Crippen molar-refractivity contribution in [3.63, 3.8) is 0 Å². The van der Waals surface area contributed by atoms with E-state index in [2.05, 4.69) is 53.5 Å². The summed E-state index contributed by atoms with van der Waals surface area (Å²) in [5, 5.41) is 1.76. The predicted octanol–water partition coefficient (Wildman–Crippen LogP) is 7.00. The van der Waals surface area contributed by atoms with Crippen LogP contribution in [0.4, 0.5) is 0 Å². The Morgan fingerprint density at radius 2 is 1.75 bits per heavy atom. The Labute approximate surface area is 245 Å². The van der Waals surface area contributed by atoms with Crippen LogP contribution in [-0.2, 0) is 19.3 Å². The van der Waals surface area contributed by atoms with Crippen molar-refractivity contribution in [1.82, 2.24) is 4.98 Å². The number of hydrogen-bond donors (Lipinski definition) is 1. The second-order valence-corrected chi connectivity index (χ2v) is 17.1. The SMILES string of the molecule is Cc1cc2c3c([nH]c2cc1Cl)C(C)(C)c1cc(OC[C@H]2OC(C)(C)O[C@H]2C(C)(C)O[SiH2]C(C)(C)C)ccc1C3=O. The molecule has 1 aromatic heterocycles. The lowest BCUT2D eigenvalue weighted by molar-refractivity contribution is -0.162. The summed E-state index contributed by atoms with van der Waals surface area (Å²) in [4.78, 5) is 17.3. The highest BCUT2D eigenvalue weighted by atomic mass is 35.5. The van der Waals surface area contributed by atoms with Gasteiger partial charge >= 0.3 is 0 Å². The van der Waals surface area contributed by atoms with Gasteiger partial charge in [-0.2, -0.15) is 0 Å². The average Bonchev–Trinajstić information content (AvgIpc) is 3.38. The van der Waals surface area contributed by atoms with E-state index in [1.807, 2.05) is 51.1 Å². The number of carbonyl (C=O) groups excluding carboxylic acids is 1. The first-order chi connectivity index (χ1) is 18.4. The van der Waals surface area contributed by atoms with Gasteiger partial charge in [-0.15, -0.1) is 0 Å². The summed E-state index contributed by atoms with van der Waals surface area (Å²) in [7, 11) is -0.795. The van der Waals surface area contributed by atoms with Crippen molar-refractivity contribution in [2.45, 2.75) is 103 Å². The maximum Gasteiger partial charge on any atom is 0.195 e. The second-order valence-electron chi connectivity index (χ2n) is 14.0. The van der Waals surface area contributed by atoms with Crippen molar-refractivity contribution in [2.24, 2.45) is 0 Å². The van der Waals surface area contributed by atoms with Gasteiger partial charge in [0.1, 0.15) is 24.6 Å². The number of H-pyrrole nitrogens is 1. The van der Waals surface area contributed by atoms with Gasteiger partial charge in [0.25, 0.3) is 0 Å². The molecule has 0 bridgehead atoms. The summed E-state index contributed by atoms with van der Waals surface area (Å²) in [5.74, 6) is -0.0341. The first kappa shape index (κ1) is 29.3. The fourth-order valence-electron chi connectivity index (χ4n) is 5.84. The van der Waals surface area contributed by atoms with Crippen molar-refractivity contribution in [3.8, 4) is 5.75 Å². The molecule has 0 spiro atoms. The van der Waals surface area contributed by atoms with E-state index in [1.165, 1.54) is 0 Å². The molecule has 2 aromatic carbocycles. The Morgan fingerprint density at radius 1 is 1.05 bits per heavy atom. The van der Waals surface area contributed by atoms with E-state index in [4.69, 9.17) is 30.2 Å².